The van der Waals surface area contributed by atoms with E-state index in [1.165, 1.54) is 25.6 Å². The third kappa shape index (κ3) is 3.94. The molecule has 0 radical (unpaired) electrons. The van der Waals surface area contributed by atoms with E-state index in [4.69, 9.17) is 18.9 Å². The number of hydrogen-bond acceptors (Lipinski definition) is 6. The van der Waals surface area contributed by atoms with Crippen LogP contribution in [0.25, 0.3) is 0 Å². The molecule has 0 bridgehead atoms. The molecule has 0 aliphatic rings. The van der Waals surface area contributed by atoms with Gasteiger partial charge in [-0.3, -0.25) is 0 Å². The zero-order chi connectivity index (χ0) is 14.5. The fraction of sp³-hybridized carbons (Fsp3) is 0.167. The summed E-state index contributed by atoms with van der Waals surface area (Å²) in [5.74, 6) is 1.36. The second kappa shape index (κ2) is 6.36. The van der Waals surface area contributed by atoms with Crippen molar-refractivity contribution in [3.05, 3.63) is 36.2 Å². The molecule has 2 rings (SSSR count). The minimum Gasteiger partial charge on any atom is -0.481 e. The van der Waals surface area contributed by atoms with Gasteiger partial charge in [-0.2, -0.15) is 0 Å². The Morgan fingerprint density at radius 1 is 1.10 bits per heavy atom. The summed E-state index contributed by atoms with van der Waals surface area (Å²) >= 11 is 0. The number of methoxy groups -OCH3 is 1. The van der Waals surface area contributed by atoms with Gasteiger partial charge in [0.05, 0.1) is 13.2 Å². The molecule has 0 fully saturated rings. The van der Waals surface area contributed by atoms with Crippen LogP contribution in [-0.4, -0.2) is 22.0 Å². The predicted molar refractivity (Wildman–Crippen MR) is 71.7 cm³/mol. The van der Waals surface area contributed by atoms with Crippen molar-refractivity contribution in [2.24, 2.45) is 0 Å². The molecule has 1 atom stereocenters. The van der Waals surface area contributed by atoms with E-state index in [1.807, 2.05) is 6.92 Å². The van der Waals surface area contributed by atoms with E-state index in [2.05, 4.69) is 9.97 Å². The first kappa shape index (κ1) is 14.3. The van der Waals surface area contributed by atoms with Crippen LogP contribution in [0.3, 0.4) is 0 Å². The van der Waals surface area contributed by atoms with Gasteiger partial charge in [-0.25, -0.2) is 14.5 Å². The number of benzene rings is 1. The summed E-state index contributed by atoms with van der Waals surface area (Å²) < 4.78 is 26.0. The summed E-state index contributed by atoms with van der Waals surface area (Å²) in [7, 11) is -1.56. The zero-order valence-corrected chi connectivity index (χ0v) is 11.9. The Morgan fingerprint density at radius 3 is 2.50 bits per heavy atom. The van der Waals surface area contributed by atoms with Gasteiger partial charge in [-0.1, -0.05) is 0 Å². The maximum Gasteiger partial charge on any atom is 0.365 e. The average Bonchev–Trinajstić information content (AvgIpc) is 2.37. The van der Waals surface area contributed by atoms with Crippen LogP contribution in [-0.2, 0) is 4.57 Å². The standard InChI is InChI=1S/C12H13N2O5P/c1-8-3-9(5-10(4-8)19-20(15)16)18-12-6-11(17-2)13-7-14-12/h3-7,20H,1-2H3,(H,15,16). The Morgan fingerprint density at radius 2 is 1.80 bits per heavy atom. The highest BCUT2D eigenvalue weighted by Crippen LogP contribution is 2.30. The molecule has 8 heteroatoms. The lowest BCUT2D eigenvalue weighted by molar-refractivity contribution is 0.387. The summed E-state index contributed by atoms with van der Waals surface area (Å²) in [5.41, 5.74) is 0.821. The van der Waals surface area contributed by atoms with E-state index in [0.29, 0.717) is 17.5 Å². The molecular formula is C12H13N2O5P. The van der Waals surface area contributed by atoms with Gasteiger partial charge in [0, 0.05) is 6.07 Å². The number of rotatable bonds is 5. The van der Waals surface area contributed by atoms with Gasteiger partial charge in [0.15, 0.2) is 0 Å². The molecule has 0 saturated heterocycles. The summed E-state index contributed by atoms with van der Waals surface area (Å²) in [6, 6.07) is 6.40. The Balaban J connectivity index is 2.23. The monoisotopic (exact) mass is 296 g/mol. The molecule has 1 heterocycles. The lowest BCUT2D eigenvalue weighted by Gasteiger charge is -2.09. The molecule has 0 saturated carbocycles. The molecule has 0 aliphatic carbocycles. The van der Waals surface area contributed by atoms with Crippen LogP contribution in [0.15, 0.2) is 30.6 Å². The average molecular weight is 296 g/mol. The van der Waals surface area contributed by atoms with Crippen LogP contribution in [0.5, 0.6) is 23.3 Å². The van der Waals surface area contributed by atoms with Gasteiger partial charge in [0.2, 0.25) is 11.8 Å². The number of aromatic nitrogens is 2. The van der Waals surface area contributed by atoms with E-state index < -0.39 is 8.25 Å². The lowest BCUT2D eigenvalue weighted by Crippen LogP contribution is -1.93. The van der Waals surface area contributed by atoms with E-state index in [9.17, 15) is 4.57 Å². The first-order chi connectivity index (χ1) is 9.56. The van der Waals surface area contributed by atoms with Crippen LogP contribution < -0.4 is 14.0 Å². The number of aryl methyl sites for hydroxylation is 1. The predicted octanol–water partition coefficient (Wildman–Crippen LogP) is 2.35. The molecule has 2 aromatic rings. The zero-order valence-electron chi connectivity index (χ0n) is 10.9. The normalized spacial score (nSPS) is 11.8. The van der Waals surface area contributed by atoms with E-state index in [0.717, 1.165) is 5.56 Å². The molecule has 0 amide bonds. The third-order valence-electron chi connectivity index (χ3n) is 2.28. The molecule has 20 heavy (non-hydrogen) atoms. The second-order valence-corrected chi connectivity index (χ2v) is 4.59. The Kier molecular flexibility index (Phi) is 4.55. The largest absolute Gasteiger partial charge is 0.481 e. The molecule has 1 N–H and O–H groups in total. The highest BCUT2D eigenvalue weighted by molar-refractivity contribution is 7.32. The van der Waals surface area contributed by atoms with Crippen molar-refractivity contribution in [2.45, 2.75) is 6.92 Å². The minimum atomic E-state index is -3.05. The first-order valence-corrected chi connectivity index (χ1v) is 6.89. The third-order valence-corrected chi connectivity index (χ3v) is 2.69. The van der Waals surface area contributed by atoms with Gasteiger partial charge in [-0.05, 0) is 24.6 Å². The van der Waals surface area contributed by atoms with Crippen molar-refractivity contribution < 1.29 is 23.5 Å². The van der Waals surface area contributed by atoms with Crippen LogP contribution in [0.1, 0.15) is 5.56 Å². The molecule has 7 nitrogen and oxygen atoms in total. The quantitative estimate of drug-likeness (QED) is 0.847. The summed E-state index contributed by atoms with van der Waals surface area (Å²) in [5, 5.41) is 0. The highest BCUT2D eigenvalue weighted by atomic mass is 31.1. The fourth-order valence-electron chi connectivity index (χ4n) is 1.54. The van der Waals surface area contributed by atoms with E-state index in [1.54, 1.807) is 12.1 Å². The Bertz CT molecular complexity index is 635. The Hall–Kier alpha value is -2.11. The van der Waals surface area contributed by atoms with Crippen LogP contribution in [0.2, 0.25) is 0 Å². The van der Waals surface area contributed by atoms with Gasteiger partial charge in [-0.15, -0.1) is 0 Å². The smallest absolute Gasteiger partial charge is 0.365 e. The molecule has 0 spiro atoms. The minimum absolute atomic E-state index is 0.257. The van der Waals surface area contributed by atoms with Crippen molar-refractivity contribution in [1.82, 2.24) is 9.97 Å². The number of ether oxygens (including phenoxy) is 2. The van der Waals surface area contributed by atoms with Gasteiger partial charge >= 0.3 is 8.25 Å². The lowest BCUT2D eigenvalue weighted by atomic mass is 10.2. The van der Waals surface area contributed by atoms with Gasteiger partial charge < -0.3 is 18.9 Å². The van der Waals surface area contributed by atoms with E-state index >= 15 is 0 Å². The van der Waals surface area contributed by atoms with Crippen molar-refractivity contribution in [3.63, 3.8) is 0 Å². The molecular weight excluding hydrogens is 283 g/mol. The second-order valence-electron chi connectivity index (χ2n) is 3.85. The van der Waals surface area contributed by atoms with E-state index in [-0.39, 0.29) is 5.75 Å². The Labute approximate surface area is 116 Å². The summed E-state index contributed by atoms with van der Waals surface area (Å²) in [4.78, 5) is 16.6. The van der Waals surface area contributed by atoms with Gasteiger partial charge in [0.1, 0.15) is 17.8 Å². The first-order valence-electron chi connectivity index (χ1n) is 5.63. The van der Waals surface area contributed by atoms with Crippen molar-refractivity contribution in [2.75, 3.05) is 7.11 Å². The summed E-state index contributed by atoms with van der Waals surface area (Å²) in [6.07, 6.45) is 1.31. The molecule has 106 valence electrons. The van der Waals surface area contributed by atoms with Crippen LogP contribution >= 0.6 is 8.25 Å². The molecule has 1 aromatic carbocycles. The van der Waals surface area contributed by atoms with Crippen molar-refractivity contribution in [3.8, 4) is 23.3 Å². The summed E-state index contributed by atoms with van der Waals surface area (Å²) in [6.45, 7) is 1.81. The van der Waals surface area contributed by atoms with Crippen molar-refractivity contribution in [1.29, 1.82) is 0 Å². The molecule has 1 unspecified atom stereocenters. The molecule has 0 aliphatic heterocycles. The van der Waals surface area contributed by atoms with Crippen molar-refractivity contribution >= 4 is 8.25 Å². The SMILES string of the molecule is COc1cc(Oc2cc(C)cc(O[PH](=O)O)c2)ncn1. The number of hydrogen-bond donors (Lipinski definition) is 1. The fourth-order valence-corrected chi connectivity index (χ4v) is 1.86. The van der Waals surface area contributed by atoms with Gasteiger partial charge in [0.25, 0.3) is 0 Å². The topological polar surface area (TPSA) is 90.8 Å². The number of nitrogens with zero attached hydrogens (tertiary/aromatic N) is 2. The molecule has 1 aromatic heterocycles. The highest BCUT2D eigenvalue weighted by Gasteiger charge is 2.06. The maximum atomic E-state index is 10.7. The maximum absolute atomic E-state index is 10.7. The van der Waals surface area contributed by atoms with Crippen LogP contribution in [0, 0.1) is 6.92 Å². The van der Waals surface area contributed by atoms with Crippen LogP contribution in [0.4, 0.5) is 0 Å².